The molecule has 1 N–H and O–H groups in total. The lowest BCUT2D eigenvalue weighted by Crippen LogP contribution is -2.26. The Morgan fingerprint density at radius 3 is 2.67 bits per heavy atom. The monoisotopic (exact) mass is 173 g/mol. The molecule has 0 saturated carbocycles. The fraction of sp³-hybridized carbons (Fsp3) is 0.714. The summed E-state index contributed by atoms with van der Waals surface area (Å²) in [7, 11) is 1.48. The van der Waals surface area contributed by atoms with Gasteiger partial charge >= 0.3 is 5.97 Å². The van der Waals surface area contributed by atoms with Gasteiger partial charge in [-0.25, -0.2) is 4.79 Å². The van der Waals surface area contributed by atoms with Crippen LogP contribution in [0.25, 0.3) is 0 Å². The number of ether oxygens (including phenoxy) is 2. The van der Waals surface area contributed by atoms with E-state index >= 15 is 0 Å². The normalized spacial score (nSPS) is 14.8. The molecule has 0 aromatic rings. The van der Waals surface area contributed by atoms with Gasteiger partial charge in [-0.3, -0.25) is 0 Å². The van der Waals surface area contributed by atoms with Crippen molar-refractivity contribution in [2.24, 2.45) is 0 Å². The zero-order valence-corrected chi connectivity index (χ0v) is 6.98. The van der Waals surface area contributed by atoms with Crippen LogP contribution in [0.15, 0.2) is 0 Å². The summed E-state index contributed by atoms with van der Waals surface area (Å²) in [6.07, 6.45) is -1.61. The molecule has 0 fully saturated rings. The molecule has 2 atom stereocenters. The first kappa shape index (κ1) is 10.9. The highest BCUT2D eigenvalue weighted by Gasteiger charge is 2.17. The maximum atomic E-state index is 10.2. The van der Waals surface area contributed by atoms with Crippen molar-refractivity contribution < 1.29 is 19.4 Å². The summed E-state index contributed by atoms with van der Waals surface area (Å²) in [4.78, 5) is 10.2. The minimum Gasteiger partial charge on any atom is -0.479 e. The van der Waals surface area contributed by atoms with Gasteiger partial charge in [0.05, 0.1) is 12.7 Å². The van der Waals surface area contributed by atoms with E-state index in [-0.39, 0.29) is 12.7 Å². The lowest BCUT2D eigenvalue weighted by atomic mass is 10.4. The predicted molar refractivity (Wildman–Crippen MR) is 39.5 cm³/mol. The molecular weight excluding hydrogens is 162 g/mol. The van der Waals surface area contributed by atoms with Crippen molar-refractivity contribution in [3.63, 3.8) is 0 Å². The molecule has 0 rings (SSSR count). The first-order valence-electron chi connectivity index (χ1n) is 3.38. The van der Waals surface area contributed by atoms with Crippen LogP contribution < -0.4 is 0 Å². The van der Waals surface area contributed by atoms with Crippen LogP contribution in [0.2, 0.25) is 0 Å². The van der Waals surface area contributed by atoms with Crippen LogP contribution in [-0.4, -0.2) is 37.0 Å². The van der Waals surface area contributed by atoms with E-state index in [2.05, 4.69) is 0 Å². The van der Waals surface area contributed by atoms with E-state index in [1.807, 2.05) is 0 Å². The number of hydrogen-bond acceptors (Lipinski definition) is 4. The summed E-state index contributed by atoms with van der Waals surface area (Å²) in [5.74, 6) is -1.28. The van der Waals surface area contributed by atoms with Gasteiger partial charge in [0.25, 0.3) is 0 Å². The zero-order chi connectivity index (χ0) is 9.56. The Morgan fingerprint density at radius 1 is 1.75 bits per heavy atom. The lowest BCUT2D eigenvalue weighted by molar-refractivity contribution is -0.148. The molecule has 0 aromatic carbocycles. The van der Waals surface area contributed by atoms with Gasteiger partial charge in [-0.2, -0.15) is 5.26 Å². The smallest absolute Gasteiger partial charge is 0.347 e. The number of carbonyl (C=O) groups is 1. The lowest BCUT2D eigenvalue weighted by Gasteiger charge is -2.10. The van der Waals surface area contributed by atoms with Crippen molar-refractivity contribution in [3.05, 3.63) is 0 Å². The van der Waals surface area contributed by atoms with Crippen LogP contribution in [-0.2, 0) is 14.3 Å². The van der Waals surface area contributed by atoms with Gasteiger partial charge in [-0.1, -0.05) is 0 Å². The number of carboxylic acids is 1. The molecular formula is C7H11NO4. The molecule has 0 aliphatic heterocycles. The standard InChI is InChI=1S/C7H11NO4/c1-5(11-2)4-12-6(3-8)7(9)10/h5-6H,4H2,1-2H3,(H,9,10). The Morgan fingerprint density at radius 2 is 2.33 bits per heavy atom. The summed E-state index contributed by atoms with van der Waals surface area (Å²) in [6, 6.07) is 1.50. The summed E-state index contributed by atoms with van der Waals surface area (Å²) in [6.45, 7) is 1.82. The molecule has 0 heterocycles. The molecule has 0 aliphatic rings. The molecule has 0 radical (unpaired) electrons. The number of hydrogen-bond donors (Lipinski definition) is 1. The molecule has 0 aliphatic carbocycles. The van der Waals surface area contributed by atoms with Gasteiger partial charge in [0.1, 0.15) is 6.07 Å². The summed E-state index contributed by atoms with van der Waals surface area (Å²) >= 11 is 0. The quantitative estimate of drug-likeness (QED) is 0.633. The van der Waals surface area contributed by atoms with Crippen molar-refractivity contribution in [2.75, 3.05) is 13.7 Å². The maximum Gasteiger partial charge on any atom is 0.347 e. The highest BCUT2D eigenvalue weighted by Crippen LogP contribution is 1.95. The second-order valence-corrected chi connectivity index (χ2v) is 2.23. The number of aliphatic carboxylic acids is 1. The predicted octanol–water partition coefficient (Wildman–Crippen LogP) is 0.0147. The van der Waals surface area contributed by atoms with E-state index in [1.54, 1.807) is 6.92 Å². The topological polar surface area (TPSA) is 79.5 Å². The van der Waals surface area contributed by atoms with Crippen LogP contribution in [0.1, 0.15) is 6.92 Å². The van der Waals surface area contributed by atoms with Crippen molar-refractivity contribution in [1.82, 2.24) is 0 Å². The van der Waals surface area contributed by atoms with Crippen LogP contribution >= 0.6 is 0 Å². The summed E-state index contributed by atoms with van der Waals surface area (Å²) in [5.41, 5.74) is 0. The molecule has 5 nitrogen and oxygen atoms in total. The molecule has 12 heavy (non-hydrogen) atoms. The molecule has 0 saturated heterocycles. The van der Waals surface area contributed by atoms with E-state index < -0.39 is 12.1 Å². The Hall–Kier alpha value is -1.12. The Bertz CT molecular complexity index is 186. The van der Waals surface area contributed by atoms with Crippen molar-refractivity contribution in [3.8, 4) is 6.07 Å². The average Bonchev–Trinajstić information content (AvgIpc) is 2.04. The second kappa shape index (κ2) is 5.52. The van der Waals surface area contributed by atoms with E-state index in [0.29, 0.717) is 0 Å². The number of rotatable bonds is 5. The molecule has 0 spiro atoms. The maximum absolute atomic E-state index is 10.2. The molecule has 0 aromatic heterocycles. The third-order valence-electron chi connectivity index (χ3n) is 1.24. The molecule has 68 valence electrons. The van der Waals surface area contributed by atoms with Crippen LogP contribution in [0.5, 0.6) is 0 Å². The van der Waals surface area contributed by atoms with E-state index in [1.165, 1.54) is 13.2 Å². The Kier molecular flexibility index (Phi) is 5.00. The van der Waals surface area contributed by atoms with Gasteiger partial charge in [0, 0.05) is 7.11 Å². The van der Waals surface area contributed by atoms with E-state index in [9.17, 15) is 4.79 Å². The molecule has 0 amide bonds. The number of methoxy groups -OCH3 is 1. The fourth-order valence-electron chi connectivity index (χ4n) is 0.464. The molecule has 2 unspecified atom stereocenters. The summed E-state index contributed by atoms with van der Waals surface area (Å²) in [5, 5.41) is 16.7. The van der Waals surface area contributed by atoms with Gasteiger partial charge < -0.3 is 14.6 Å². The van der Waals surface area contributed by atoms with Crippen molar-refractivity contribution in [1.29, 1.82) is 5.26 Å². The highest BCUT2D eigenvalue weighted by molar-refractivity contribution is 5.75. The third-order valence-corrected chi connectivity index (χ3v) is 1.24. The Balaban J connectivity index is 3.75. The van der Waals surface area contributed by atoms with Crippen LogP contribution in [0.4, 0.5) is 0 Å². The fourth-order valence-corrected chi connectivity index (χ4v) is 0.464. The van der Waals surface area contributed by atoms with Crippen molar-refractivity contribution in [2.45, 2.75) is 19.1 Å². The number of carboxylic acid groups (broad SMARTS) is 1. The number of nitrogens with zero attached hydrogens (tertiary/aromatic N) is 1. The zero-order valence-electron chi connectivity index (χ0n) is 6.98. The first-order valence-corrected chi connectivity index (χ1v) is 3.38. The minimum atomic E-state index is -1.40. The van der Waals surface area contributed by atoms with Gasteiger partial charge in [0.15, 0.2) is 0 Å². The first-order chi connectivity index (χ1) is 5.61. The Labute approximate surface area is 70.5 Å². The minimum absolute atomic E-state index is 0.0982. The van der Waals surface area contributed by atoms with Crippen LogP contribution in [0.3, 0.4) is 0 Å². The van der Waals surface area contributed by atoms with Crippen molar-refractivity contribution >= 4 is 5.97 Å². The third kappa shape index (κ3) is 3.91. The second-order valence-electron chi connectivity index (χ2n) is 2.23. The number of nitriles is 1. The average molecular weight is 173 g/mol. The van der Waals surface area contributed by atoms with Gasteiger partial charge in [-0.15, -0.1) is 0 Å². The highest BCUT2D eigenvalue weighted by atomic mass is 16.5. The largest absolute Gasteiger partial charge is 0.479 e. The summed E-state index contributed by atoms with van der Waals surface area (Å²) < 4.78 is 9.52. The molecule has 0 bridgehead atoms. The van der Waals surface area contributed by atoms with Crippen LogP contribution in [0, 0.1) is 11.3 Å². The van der Waals surface area contributed by atoms with Gasteiger partial charge in [0.2, 0.25) is 6.10 Å². The SMILES string of the molecule is COC(C)COC(C#N)C(=O)O. The van der Waals surface area contributed by atoms with E-state index in [0.717, 1.165) is 0 Å². The van der Waals surface area contributed by atoms with E-state index in [4.69, 9.17) is 19.8 Å². The molecule has 5 heteroatoms. The van der Waals surface area contributed by atoms with Gasteiger partial charge in [-0.05, 0) is 6.92 Å².